The Morgan fingerprint density at radius 3 is 2.57 bits per heavy atom. The average Bonchev–Trinajstić information content (AvgIpc) is 3.70. The third kappa shape index (κ3) is 7.26. The first-order chi connectivity index (χ1) is 21.3. The Bertz CT molecular complexity index is 1330. The minimum atomic E-state index is -0.855. The van der Waals surface area contributed by atoms with E-state index in [4.69, 9.17) is 4.74 Å². The first-order valence-corrected chi connectivity index (χ1v) is 16.3. The molecule has 3 unspecified atom stereocenters. The van der Waals surface area contributed by atoms with Crippen molar-refractivity contribution in [3.8, 4) is 5.75 Å². The fraction of sp³-hybridized carbons (Fsp3) is 0.571. The molecular weight excluding hydrogens is 556 g/mol. The summed E-state index contributed by atoms with van der Waals surface area (Å²) < 4.78 is 5.71. The molecule has 1 N–H and O–H groups in total. The number of ether oxygens (including phenoxy) is 1. The van der Waals surface area contributed by atoms with Gasteiger partial charge < -0.3 is 24.5 Å². The molecular formula is C35H48N4O5. The maximum Gasteiger partial charge on any atom is 0.308 e. The molecule has 0 aliphatic carbocycles. The number of amides is 2. The van der Waals surface area contributed by atoms with Crippen LogP contribution in [0.25, 0.3) is 0 Å². The van der Waals surface area contributed by atoms with Crippen LogP contribution < -0.4 is 9.64 Å². The van der Waals surface area contributed by atoms with Gasteiger partial charge in [0.1, 0.15) is 5.75 Å². The van der Waals surface area contributed by atoms with Crippen molar-refractivity contribution in [2.75, 3.05) is 64.9 Å². The molecule has 0 saturated carbocycles. The number of benzene rings is 2. The quantitative estimate of drug-likeness (QED) is 0.307. The third-order valence-electron chi connectivity index (χ3n) is 9.50. The number of carbonyl (C=O) groups is 3. The normalized spacial score (nSPS) is 21.0. The van der Waals surface area contributed by atoms with E-state index in [1.807, 2.05) is 41.3 Å². The standard InChI is InChI=1S/C35H48N4O5/c1-4-5-17-37(18-9-8-16-36(2)3)33(41)24-38-23-28(25-12-13-31-27(21-25)15-20-44-31)34(35(42)43)30(38)14-19-39-29-11-7-6-10-26(29)22-32(39)40/h6-7,10-13,21,28,30,34H,4-5,8-9,14-20,22-24H2,1-3H3,(H,42,43). The summed E-state index contributed by atoms with van der Waals surface area (Å²) >= 11 is 0. The van der Waals surface area contributed by atoms with Gasteiger partial charge in [0.25, 0.3) is 0 Å². The van der Waals surface area contributed by atoms with Crippen molar-refractivity contribution in [3.63, 3.8) is 0 Å². The molecule has 3 atom stereocenters. The van der Waals surface area contributed by atoms with E-state index in [-0.39, 0.29) is 30.3 Å². The van der Waals surface area contributed by atoms with E-state index in [0.717, 1.165) is 66.8 Å². The second-order valence-corrected chi connectivity index (χ2v) is 12.8. The van der Waals surface area contributed by atoms with Crippen LogP contribution in [0.2, 0.25) is 0 Å². The van der Waals surface area contributed by atoms with Crippen LogP contribution in [-0.4, -0.2) is 104 Å². The Balaban J connectivity index is 1.38. The molecule has 3 heterocycles. The molecule has 5 rings (SSSR count). The lowest BCUT2D eigenvalue weighted by atomic mass is 9.83. The van der Waals surface area contributed by atoms with Gasteiger partial charge in [-0.15, -0.1) is 0 Å². The second kappa shape index (κ2) is 14.6. The van der Waals surface area contributed by atoms with E-state index >= 15 is 0 Å². The SMILES string of the molecule is CCCCN(CCCCN(C)C)C(=O)CN1CC(c2ccc3c(c2)CCO3)C(C(=O)O)C1CCN1C(=O)Cc2ccccc21. The van der Waals surface area contributed by atoms with E-state index in [1.165, 1.54) is 0 Å². The number of rotatable bonds is 15. The first-order valence-electron chi connectivity index (χ1n) is 16.3. The molecule has 0 spiro atoms. The molecule has 9 heteroatoms. The summed E-state index contributed by atoms with van der Waals surface area (Å²) in [4.78, 5) is 47.9. The largest absolute Gasteiger partial charge is 0.493 e. The summed E-state index contributed by atoms with van der Waals surface area (Å²) in [6.07, 6.45) is 5.56. The zero-order valence-corrected chi connectivity index (χ0v) is 26.5. The van der Waals surface area contributed by atoms with E-state index in [2.05, 4.69) is 36.9 Å². The lowest BCUT2D eigenvalue weighted by molar-refractivity contribution is -0.143. The number of anilines is 1. The minimum absolute atomic E-state index is 0.0392. The van der Waals surface area contributed by atoms with Crippen LogP contribution in [-0.2, 0) is 27.2 Å². The predicted molar refractivity (Wildman–Crippen MR) is 171 cm³/mol. The van der Waals surface area contributed by atoms with Crippen LogP contribution in [0, 0.1) is 5.92 Å². The molecule has 44 heavy (non-hydrogen) atoms. The number of fused-ring (bicyclic) bond motifs is 2. The Kier molecular flexibility index (Phi) is 10.6. The molecule has 9 nitrogen and oxygen atoms in total. The summed E-state index contributed by atoms with van der Waals surface area (Å²) in [6, 6.07) is 13.5. The average molecular weight is 605 g/mol. The molecule has 2 aromatic carbocycles. The molecule has 0 bridgehead atoms. The maximum absolute atomic E-state index is 13.9. The number of aliphatic carboxylic acids is 1. The highest BCUT2D eigenvalue weighted by molar-refractivity contribution is 6.01. The van der Waals surface area contributed by atoms with Crippen LogP contribution in [0.1, 0.15) is 61.6 Å². The third-order valence-corrected chi connectivity index (χ3v) is 9.50. The molecule has 1 fully saturated rings. The number of nitrogens with zero attached hydrogens (tertiary/aromatic N) is 4. The molecule has 0 radical (unpaired) electrons. The van der Waals surface area contributed by atoms with Gasteiger partial charge in [-0.25, -0.2) is 0 Å². The maximum atomic E-state index is 13.9. The van der Waals surface area contributed by atoms with Crippen LogP contribution in [0.5, 0.6) is 5.75 Å². The Morgan fingerprint density at radius 1 is 1.02 bits per heavy atom. The topological polar surface area (TPSA) is 93.6 Å². The van der Waals surface area contributed by atoms with E-state index in [1.54, 1.807) is 4.90 Å². The second-order valence-electron chi connectivity index (χ2n) is 12.8. The fourth-order valence-electron chi connectivity index (χ4n) is 7.16. The summed E-state index contributed by atoms with van der Waals surface area (Å²) in [5.74, 6) is -0.844. The van der Waals surface area contributed by atoms with Gasteiger partial charge in [0.15, 0.2) is 0 Å². The molecule has 3 aliphatic heterocycles. The van der Waals surface area contributed by atoms with Crippen molar-refractivity contribution in [1.29, 1.82) is 0 Å². The van der Waals surface area contributed by atoms with Gasteiger partial charge >= 0.3 is 5.97 Å². The number of hydrogen-bond acceptors (Lipinski definition) is 6. The number of likely N-dealkylation sites (tertiary alicyclic amines) is 1. The van der Waals surface area contributed by atoms with Gasteiger partial charge in [0, 0.05) is 50.2 Å². The van der Waals surface area contributed by atoms with Gasteiger partial charge in [-0.1, -0.05) is 43.7 Å². The summed E-state index contributed by atoms with van der Waals surface area (Å²) in [5.41, 5.74) is 4.00. The Hall–Kier alpha value is -3.43. The van der Waals surface area contributed by atoms with Crippen molar-refractivity contribution in [1.82, 2.24) is 14.7 Å². The number of unbranched alkanes of at least 4 members (excludes halogenated alkanes) is 2. The van der Waals surface area contributed by atoms with Crippen LogP contribution in [0.4, 0.5) is 5.69 Å². The van der Waals surface area contributed by atoms with Crippen molar-refractivity contribution >= 4 is 23.5 Å². The zero-order valence-electron chi connectivity index (χ0n) is 26.5. The fourth-order valence-corrected chi connectivity index (χ4v) is 7.16. The first kappa shape index (κ1) is 32.0. The van der Waals surface area contributed by atoms with Crippen molar-refractivity contribution in [2.45, 2.75) is 63.8 Å². The number of hydrogen-bond donors (Lipinski definition) is 1. The monoisotopic (exact) mass is 604 g/mol. The van der Waals surface area contributed by atoms with Crippen molar-refractivity contribution in [2.24, 2.45) is 5.92 Å². The highest BCUT2D eigenvalue weighted by Crippen LogP contribution is 2.41. The van der Waals surface area contributed by atoms with Crippen LogP contribution in [0.15, 0.2) is 42.5 Å². The number of para-hydroxylation sites is 1. The van der Waals surface area contributed by atoms with Gasteiger partial charge in [0.2, 0.25) is 11.8 Å². The molecule has 3 aliphatic rings. The summed E-state index contributed by atoms with van der Waals surface area (Å²) in [5, 5.41) is 10.6. The lowest BCUT2D eigenvalue weighted by Crippen LogP contribution is -2.46. The van der Waals surface area contributed by atoms with Gasteiger partial charge in [-0.3, -0.25) is 19.3 Å². The smallest absolute Gasteiger partial charge is 0.308 e. The number of carbonyl (C=O) groups excluding carboxylic acids is 2. The highest BCUT2D eigenvalue weighted by atomic mass is 16.5. The van der Waals surface area contributed by atoms with Gasteiger partial charge in [0.05, 0.1) is 25.5 Å². The zero-order chi connectivity index (χ0) is 31.2. The molecule has 1 saturated heterocycles. The van der Waals surface area contributed by atoms with Crippen LogP contribution in [0.3, 0.4) is 0 Å². The van der Waals surface area contributed by atoms with Crippen LogP contribution >= 0.6 is 0 Å². The van der Waals surface area contributed by atoms with Crippen molar-refractivity contribution < 1.29 is 24.2 Å². The number of carboxylic acids is 1. The Labute approximate surface area is 261 Å². The van der Waals surface area contributed by atoms with E-state index < -0.39 is 11.9 Å². The van der Waals surface area contributed by atoms with Crippen molar-refractivity contribution in [3.05, 3.63) is 59.2 Å². The van der Waals surface area contributed by atoms with Gasteiger partial charge in [-0.2, -0.15) is 0 Å². The van der Waals surface area contributed by atoms with E-state index in [0.29, 0.717) is 45.6 Å². The predicted octanol–water partition coefficient (Wildman–Crippen LogP) is 4.04. The Morgan fingerprint density at radius 2 is 1.80 bits per heavy atom. The lowest BCUT2D eigenvalue weighted by Gasteiger charge is -2.31. The summed E-state index contributed by atoms with van der Waals surface area (Å²) in [7, 11) is 4.12. The molecule has 238 valence electrons. The molecule has 2 aromatic rings. The van der Waals surface area contributed by atoms with Gasteiger partial charge in [-0.05, 0) is 75.1 Å². The van der Waals surface area contributed by atoms with E-state index in [9.17, 15) is 19.5 Å². The molecule has 2 amide bonds. The number of carboxylic acid groups (broad SMARTS) is 1. The summed E-state index contributed by atoms with van der Waals surface area (Å²) in [6.45, 7) is 6.27. The molecule has 0 aromatic heterocycles. The highest BCUT2D eigenvalue weighted by Gasteiger charge is 2.47. The minimum Gasteiger partial charge on any atom is -0.493 e.